The summed E-state index contributed by atoms with van der Waals surface area (Å²) in [6, 6.07) is 15.4. The van der Waals surface area contributed by atoms with E-state index in [1.54, 1.807) is 4.52 Å². The molecule has 5 nitrogen and oxygen atoms in total. The Bertz CT molecular complexity index is 979. The number of nitrogens with one attached hydrogen (secondary N) is 1. The summed E-state index contributed by atoms with van der Waals surface area (Å²) in [5, 5.41) is 17.6. The summed E-state index contributed by atoms with van der Waals surface area (Å²) in [6.07, 6.45) is 0. The first-order valence-electron chi connectivity index (χ1n) is 6.70. The van der Waals surface area contributed by atoms with E-state index in [2.05, 4.69) is 36.5 Å². The standard InChI is InChI=1S/C15H9BrClN5S/c16-10-4-6-12(7-5-10)18-14-21-22-13(19-20-15(22)23-14)9-2-1-3-11(17)8-9/h1-8H,(H,18,21). The highest BCUT2D eigenvalue weighted by Crippen LogP contribution is 2.27. The molecule has 0 bridgehead atoms. The maximum atomic E-state index is 6.05. The van der Waals surface area contributed by atoms with Crippen LogP contribution in [-0.2, 0) is 0 Å². The van der Waals surface area contributed by atoms with E-state index in [0.29, 0.717) is 10.8 Å². The number of hydrogen-bond acceptors (Lipinski definition) is 5. The third-order valence-corrected chi connectivity index (χ3v) is 4.75. The van der Waals surface area contributed by atoms with E-state index in [4.69, 9.17) is 11.6 Å². The largest absolute Gasteiger partial charge is 0.330 e. The molecule has 2 aromatic heterocycles. The second-order valence-electron chi connectivity index (χ2n) is 4.77. The molecule has 0 aliphatic heterocycles. The van der Waals surface area contributed by atoms with Crippen molar-refractivity contribution in [1.82, 2.24) is 19.8 Å². The van der Waals surface area contributed by atoms with Crippen LogP contribution in [0.3, 0.4) is 0 Å². The molecule has 0 radical (unpaired) electrons. The summed E-state index contributed by atoms with van der Waals surface area (Å²) in [6.45, 7) is 0. The van der Waals surface area contributed by atoms with Gasteiger partial charge in [-0.3, -0.25) is 0 Å². The molecule has 2 aromatic carbocycles. The average molecular weight is 407 g/mol. The molecule has 0 fully saturated rings. The lowest BCUT2D eigenvalue weighted by Crippen LogP contribution is -1.94. The Kier molecular flexibility index (Phi) is 3.76. The summed E-state index contributed by atoms with van der Waals surface area (Å²) < 4.78 is 2.75. The second-order valence-corrected chi connectivity index (χ2v) is 7.08. The molecule has 0 saturated carbocycles. The molecule has 23 heavy (non-hydrogen) atoms. The fraction of sp³-hybridized carbons (Fsp3) is 0. The minimum absolute atomic E-state index is 0.655. The molecule has 0 aliphatic carbocycles. The normalized spacial score (nSPS) is 11.0. The van der Waals surface area contributed by atoms with Gasteiger partial charge in [0.15, 0.2) is 5.82 Å². The molecule has 0 spiro atoms. The molecule has 0 unspecified atom stereocenters. The van der Waals surface area contributed by atoms with Crippen LogP contribution in [0.5, 0.6) is 0 Å². The lowest BCUT2D eigenvalue weighted by Gasteiger charge is -2.01. The quantitative estimate of drug-likeness (QED) is 0.519. The predicted octanol–water partition coefficient (Wildman–Crippen LogP) is 5.01. The Balaban J connectivity index is 1.70. The molecular weight excluding hydrogens is 398 g/mol. The minimum atomic E-state index is 0.655. The number of halogens is 2. The summed E-state index contributed by atoms with van der Waals surface area (Å²) >= 11 is 10.9. The molecule has 0 saturated heterocycles. The first-order valence-corrected chi connectivity index (χ1v) is 8.68. The van der Waals surface area contributed by atoms with E-state index in [-0.39, 0.29) is 0 Å². The highest BCUT2D eigenvalue weighted by molar-refractivity contribution is 9.10. The topological polar surface area (TPSA) is 55.1 Å². The van der Waals surface area contributed by atoms with Gasteiger partial charge in [0.25, 0.3) is 0 Å². The number of rotatable bonds is 3. The van der Waals surface area contributed by atoms with Gasteiger partial charge in [0, 0.05) is 20.7 Å². The summed E-state index contributed by atoms with van der Waals surface area (Å²) in [4.78, 5) is 0.722. The van der Waals surface area contributed by atoms with Crippen LogP contribution in [0.15, 0.2) is 53.0 Å². The van der Waals surface area contributed by atoms with Crippen molar-refractivity contribution in [2.24, 2.45) is 0 Å². The maximum absolute atomic E-state index is 6.05. The van der Waals surface area contributed by atoms with E-state index in [1.165, 1.54) is 11.3 Å². The number of benzene rings is 2. The van der Waals surface area contributed by atoms with Gasteiger partial charge in [-0.05, 0) is 36.4 Å². The van der Waals surface area contributed by atoms with Gasteiger partial charge in [-0.15, -0.1) is 15.3 Å². The lowest BCUT2D eigenvalue weighted by molar-refractivity contribution is 0.970. The number of hydrogen-bond donors (Lipinski definition) is 1. The van der Waals surface area contributed by atoms with Gasteiger partial charge < -0.3 is 5.32 Å². The Morgan fingerprint density at radius 3 is 2.70 bits per heavy atom. The second kappa shape index (κ2) is 5.92. The molecule has 2 heterocycles. The van der Waals surface area contributed by atoms with Crippen LogP contribution in [-0.4, -0.2) is 19.8 Å². The zero-order chi connectivity index (χ0) is 15.8. The monoisotopic (exact) mass is 405 g/mol. The van der Waals surface area contributed by atoms with Gasteiger partial charge in [-0.1, -0.05) is 51.0 Å². The SMILES string of the molecule is Clc1cccc(-c2nnc3sc(Nc4ccc(Br)cc4)nn23)c1. The Morgan fingerprint density at radius 1 is 1.09 bits per heavy atom. The van der Waals surface area contributed by atoms with Gasteiger partial charge in [-0.25, -0.2) is 0 Å². The molecule has 0 aliphatic rings. The van der Waals surface area contributed by atoms with Crippen LogP contribution in [0, 0.1) is 0 Å². The molecule has 0 atom stereocenters. The van der Waals surface area contributed by atoms with Gasteiger partial charge in [-0.2, -0.15) is 4.52 Å². The molecule has 114 valence electrons. The van der Waals surface area contributed by atoms with Crippen molar-refractivity contribution >= 4 is 54.6 Å². The number of fused-ring (bicyclic) bond motifs is 1. The van der Waals surface area contributed by atoms with Gasteiger partial charge in [0.1, 0.15) is 0 Å². The maximum Gasteiger partial charge on any atom is 0.236 e. The Labute approximate surface area is 149 Å². The third kappa shape index (κ3) is 2.95. The van der Waals surface area contributed by atoms with Crippen LogP contribution in [0.25, 0.3) is 16.3 Å². The zero-order valence-corrected chi connectivity index (χ0v) is 14.7. The van der Waals surface area contributed by atoms with E-state index >= 15 is 0 Å². The van der Waals surface area contributed by atoms with Crippen molar-refractivity contribution in [2.75, 3.05) is 5.32 Å². The van der Waals surface area contributed by atoms with Gasteiger partial charge >= 0.3 is 0 Å². The van der Waals surface area contributed by atoms with Crippen molar-refractivity contribution in [3.8, 4) is 11.4 Å². The van der Waals surface area contributed by atoms with Crippen LogP contribution < -0.4 is 5.32 Å². The summed E-state index contributed by atoms with van der Waals surface area (Å²) in [5.74, 6) is 0.669. The molecule has 4 aromatic rings. The van der Waals surface area contributed by atoms with E-state index in [1.807, 2.05) is 48.5 Å². The lowest BCUT2D eigenvalue weighted by atomic mass is 10.2. The van der Waals surface area contributed by atoms with Gasteiger partial charge in [0.2, 0.25) is 10.1 Å². The zero-order valence-electron chi connectivity index (χ0n) is 11.6. The molecule has 4 rings (SSSR count). The third-order valence-electron chi connectivity index (χ3n) is 3.17. The van der Waals surface area contributed by atoms with E-state index in [9.17, 15) is 0 Å². The molecular formula is C15H9BrClN5S. The van der Waals surface area contributed by atoms with Crippen LogP contribution in [0.4, 0.5) is 10.8 Å². The highest BCUT2D eigenvalue weighted by atomic mass is 79.9. The first kappa shape index (κ1) is 14.6. The molecule has 8 heteroatoms. The van der Waals surface area contributed by atoms with Crippen LogP contribution >= 0.6 is 38.9 Å². The number of nitrogens with zero attached hydrogens (tertiary/aromatic N) is 4. The fourth-order valence-electron chi connectivity index (χ4n) is 2.13. The van der Waals surface area contributed by atoms with Gasteiger partial charge in [0.05, 0.1) is 0 Å². The van der Waals surface area contributed by atoms with Crippen molar-refractivity contribution < 1.29 is 0 Å². The van der Waals surface area contributed by atoms with E-state index < -0.39 is 0 Å². The smallest absolute Gasteiger partial charge is 0.236 e. The van der Waals surface area contributed by atoms with Crippen LogP contribution in [0.1, 0.15) is 0 Å². The van der Waals surface area contributed by atoms with Crippen molar-refractivity contribution in [1.29, 1.82) is 0 Å². The average Bonchev–Trinajstić information content (AvgIpc) is 3.09. The highest BCUT2D eigenvalue weighted by Gasteiger charge is 2.13. The van der Waals surface area contributed by atoms with Crippen molar-refractivity contribution in [3.63, 3.8) is 0 Å². The van der Waals surface area contributed by atoms with Crippen molar-refractivity contribution in [3.05, 3.63) is 58.0 Å². The Morgan fingerprint density at radius 2 is 1.91 bits per heavy atom. The predicted molar refractivity (Wildman–Crippen MR) is 96.5 cm³/mol. The number of aromatic nitrogens is 4. The molecule has 1 N–H and O–H groups in total. The van der Waals surface area contributed by atoms with E-state index in [0.717, 1.165) is 25.8 Å². The Hall–Kier alpha value is -1.96. The molecule has 0 amide bonds. The number of anilines is 2. The van der Waals surface area contributed by atoms with Crippen molar-refractivity contribution in [2.45, 2.75) is 0 Å². The van der Waals surface area contributed by atoms with Crippen LogP contribution in [0.2, 0.25) is 5.02 Å². The fourth-order valence-corrected chi connectivity index (χ4v) is 3.35. The first-order chi connectivity index (χ1) is 11.2. The summed E-state index contributed by atoms with van der Waals surface area (Å²) in [5.41, 5.74) is 1.84. The minimum Gasteiger partial charge on any atom is -0.330 e. The summed E-state index contributed by atoms with van der Waals surface area (Å²) in [7, 11) is 0.